The van der Waals surface area contributed by atoms with Crippen LogP contribution in [-0.2, 0) is 15.7 Å². The van der Waals surface area contributed by atoms with Crippen molar-refractivity contribution in [2.75, 3.05) is 79.2 Å². The van der Waals surface area contributed by atoms with Crippen LogP contribution in [-0.4, -0.2) is 129 Å². The lowest BCUT2D eigenvalue weighted by molar-refractivity contribution is -0.140. The van der Waals surface area contributed by atoms with Crippen molar-refractivity contribution < 1.29 is 32.2 Å². The van der Waals surface area contributed by atoms with E-state index in [-0.39, 0.29) is 41.7 Å². The Hall–Kier alpha value is -2.41. The Morgan fingerprint density at radius 2 is 1.56 bits per heavy atom. The van der Waals surface area contributed by atoms with Crippen molar-refractivity contribution in [3.63, 3.8) is 0 Å². The lowest BCUT2D eigenvalue weighted by Crippen LogP contribution is -2.60. The maximum absolute atomic E-state index is 14.0. The fourth-order valence-electron chi connectivity index (χ4n) is 8.13. The van der Waals surface area contributed by atoms with E-state index in [1.165, 1.54) is 6.07 Å². The van der Waals surface area contributed by atoms with Gasteiger partial charge in [-0.2, -0.15) is 13.2 Å². The van der Waals surface area contributed by atoms with E-state index in [2.05, 4.69) is 27.1 Å². The van der Waals surface area contributed by atoms with E-state index in [1.807, 2.05) is 4.90 Å². The molecule has 5 aliphatic heterocycles. The van der Waals surface area contributed by atoms with Gasteiger partial charge in [0, 0.05) is 64.4 Å². The molecule has 0 bridgehead atoms. The molecule has 0 saturated carbocycles. The van der Waals surface area contributed by atoms with E-state index in [1.54, 1.807) is 0 Å². The highest BCUT2D eigenvalue weighted by Crippen LogP contribution is 2.35. The normalized spacial score (nSPS) is 29.6. The number of likely N-dealkylation sites (tertiary alicyclic amines) is 2. The van der Waals surface area contributed by atoms with Crippen LogP contribution < -0.4 is 10.1 Å². The zero-order valence-corrected chi connectivity index (χ0v) is 26.4. The predicted molar refractivity (Wildman–Crippen MR) is 163 cm³/mol. The maximum atomic E-state index is 14.0. The topological polar surface area (TPSA) is 77.6 Å². The minimum atomic E-state index is -4.59. The minimum absolute atomic E-state index is 0.106. The summed E-state index contributed by atoms with van der Waals surface area (Å²) in [6.07, 6.45) is 1.60. The Bertz CT molecular complexity index is 1190. The van der Waals surface area contributed by atoms with Gasteiger partial charge in [0.05, 0.1) is 17.2 Å². The van der Waals surface area contributed by atoms with Crippen LogP contribution in [0.4, 0.5) is 13.2 Å². The minimum Gasteiger partial charge on any atom is -0.491 e. The molecule has 0 spiro atoms. The number of piperidine rings is 2. The van der Waals surface area contributed by atoms with Crippen molar-refractivity contribution in [3.8, 4) is 5.75 Å². The number of carbonyl (C=O) groups is 2. The molecule has 0 aromatic heterocycles. The van der Waals surface area contributed by atoms with Gasteiger partial charge >= 0.3 is 6.18 Å². The molecule has 4 saturated heterocycles. The SMILES string of the molecule is CN1CCC(N2CC[C@H]3CC(=O)N4CCN(C5CCOCC5)C[C@H]4COc4ccc(C(F)(F)F)cc4C(=O)NCC[C@H]3C2)CC1. The molecule has 1 aromatic carbocycles. The predicted octanol–water partition coefficient (Wildman–Crippen LogP) is 3.33. The molecule has 6 rings (SSSR count). The highest BCUT2D eigenvalue weighted by atomic mass is 19.4. The van der Waals surface area contributed by atoms with Crippen molar-refractivity contribution in [3.05, 3.63) is 29.3 Å². The number of halogens is 3. The number of hydrogen-bond donors (Lipinski definition) is 1. The van der Waals surface area contributed by atoms with Crippen molar-refractivity contribution in [2.24, 2.45) is 11.8 Å². The van der Waals surface area contributed by atoms with Crippen LogP contribution in [0.15, 0.2) is 18.2 Å². The second-order valence-corrected chi connectivity index (χ2v) is 13.7. The lowest BCUT2D eigenvalue weighted by atomic mass is 9.79. The molecular formula is C33H48F3N5O4. The Morgan fingerprint density at radius 3 is 2.31 bits per heavy atom. The summed E-state index contributed by atoms with van der Waals surface area (Å²) in [5.74, 6) is 0.0841. The third-order valence-electron chi connectivity index (χ3n) is 10.9. The van der Waals surface area contributed by atoms with Crippen molar-refractivity contribution in [2.45, 2.75) is 69.2 Å². The van der Waals surface area contributed by atoms with Crippen molar-refractivity contribution in [1.29, 1.82) is 0 Å². The smallest absolute Gasteiger partial charge is 0.416 e. The number of piperazine rings is 1. The Balaban J connectivity index is 1.25. The number of benzene rings is 1. The monoisotopic (exact) mass is 635 g/mol. The van der Waals surface area contributed by atoms with Crippen LogP contribution in [0.2, 0.25) is 0 Å². The number of ether oxygens (including phenoxy) is 2. The number of hydrogen-bond acceptors (Lipinski definition) is 7. The van der Waals surface area contributed by atoms with E-state index < -0.39 is 17.6 Å². The van der Waals surface area contributed by atoms with Gasteiger partial charge in [-0.1, -0.05) is 0 Å². The second kappa shape index (κ2) is 14.1. The summed E-state index contributed by atoms with van der Waals surface area (Å²) in [6.45, 7) is 7.85. The van der Waals surface area contributed by atoms with Gasteiger partial charge in [0.2, 0.25) is 5.91 Å². The van der Waals surface area contributed by atoms with Crippen molar-refractivity contribution >= 4 is 11.8 Å². The molecule has 5 heterocycles. The molecule has 0 aliphatic carbocycles. The van der Waals surface area contributed by atoms with Gasteiger partial charge in [-0.25, -0.2) is 0 Å². The van der Waals surface area contributed by atoms with Crippen LogP contribution >= 0.6 is 0 Å². The molecule has 1 N–H and O–H groups in total. The van der Waals surface area contributed by atoms with Gasteiger partial charge in [0.25, 0.3) is 5.91 Å². The van der Waals surface area contributed by atoms with Crippen LogP contribution in [0, 0.1) is 11.8 Å². The lowest BCUT2D eigenvalue weighted by Gasteiger charge is -2.47. The summed E-state index contributed by atoms with van der Waals surface area (Å²) < 4.78 is 52.7. The molecular weight excluding hydrogens is 587 g/mol. The molecule has 3 atom stereocenters. The molecule has 2 amide bonds. The summed E-state index contributed by atoms with van der Waals surface area (Å²) in [6, 6.07) is 3.70. The first-order chi connectivity index (χ1) is 21.7. The van der Waals surface area contributed by atoms with Crippen LogP contribution in [0.3, 0.4) is 0 Å². The molecule has 1 aromatic rings. The van der Waals surface area contributed by atoms with Crippen LogP contribution in [0.25, 0.3) is 0 Å². The molecule has 250 valence electrons. The first-order valence-corrected chi connectivity index (χ1v) is 16.8. The van der Waals surface area contributed by atoms with Gasteiger partial charge in [0.1, 0.15) is 12.4 Å². The second-order valence-electron chi connectivity index (χ2n) is 13.7. The molecule has 9 nitrogen and oxygen atoms in total. The van der Waals surface area contributed by atoms with E-state index in [9.17, 15) is 22.8 Å². The number of alkyl halides is 3. The Kier molecular flexibility index (Phi) is 10.2. The van der Waals surface area contributed by atoms with Gasteiger partial charge in [0.15, 0.2) is 0 Å². The molecule has 5 aliphatic rings. The Labute approximate surface area is 264 Å². The summed E-state index contributed by atoms with van der Waals surface area (Å²) in [7, 11) is 2.16. The van der Waals surface area contributed by atoms with Crippen LogP contribution in [0.1, 0.15) is 60.9 Å². The number of rotatable bonds is 2. The third kappa shape index (κ3) is 7.77. The van der Waals surface area contributed by atoms with Gasteiger partial charge in [-0.3, -0.25) is 19.4 Å². The van der Waals surface area contributed by atoms with E-state index in [4.69, 9.17) is 9.47 Å². The standard InChI is InChI=1S/C33H48F3N5O4/c1-38-11-6-26(7-12-38)39-13-5-23-18-31(42)41-15-14-40(27-8-16-44-17-9-27)21-28(41)22-45-30-3-2-25(33(34,35)36)19-29(30)32(43)37-10-4-24(23)20-39/h2-3,19,23-24,26-28H,4-18,20-22H2,1H3,(H,37,43)/t23-,24-,28-/m0/s1. The largest absolute Gasteiger partial charge is 0.491 e. The number of nitrogens with one attached hydrogen (secondary N) is 1. The maximum Gasteiger partial charge on any atom is 0.416 e. The van der Waals surface area contributed by atoms with Crippen LogP contribution in [0.5, 0.6) is 5.75 Å². The van der Waals surface area contributed by atoms with E-state index in [0.717, 1.165) is 77.0 Å². The molecule has 4 fully saturated rings. The fourth-order valence-corrected chi connectivity index (χ4v) is 8.13. The van der Waals surface area contributed by atoms with Gasteiger partial charge in [-0.15, -0.1) is 0 Å². The van der Waals surface area contributed by atoms with E-state index >= 15 is 0 Å². The summed E-state index contributed by atoms with van der Waals surface area (Å²) in [5.41, 5.74) is -1.01. The third-order valence-corrected chi connectivity index (χ3v) is 10.9. The first-order valence-electron chi connectivity index (χ1n) is 16.8. The zero-order valence-electron chi connectivity index (χ0n) is 26.4. The number of carbonyl (C=O) groups excluding carboxylic acids is 2. The Morgan fingerprint density at radius 1 is 0.822 bits per heavy atom. The fraction of sp³-hybridized carbons (Fsp3) is 0.758. The average Bonchev–Trinajstić information content (AvgIpc) is 3.04. The summed E-state index contributed by atoms with van der Waals surface area (Å²) >= 11 is 0. The zero-order chi connectivity index (χ0) is 31.6. The summed E-state index contributed by atoms with van der Waals surface area (Å²) in [4.78, 5) is 36.7. The number of fused-ring (bicyclic) bond motifs is 3. The van der Waals surface area contributed by atoms with Crippen molar-refractivity contribution in [1.82, 2.24) is 24.9 Å². The number of nitrogens with zero attached hydrogens (tertiary/aromatic N) is 4. The molecule has 0 radical (unpaired) electrons. The average molecular weight is 636 g/mol. The number of amides is 2. The first kappa shape index (κ1) is 32.5. The quantitative estimate of drug-likeness (QED) is 0.535. The molecule has 0 unspecified atom stereocenters. The van der Waals surface area contributed by atoms with Gasteiger partial charge < -0.3 is 24.6 Å². The van der Waals surface area contributed by atoms with Gasteiger partial charge in [-0.05, 0) is 95.2 Å². The van der Waals surface area contributed by atoms with E-state index in [0.29, 0.717) is 57.8 Å². The molecule has 45 heavy (non-hydrogen) atoms. The summed E-state index contributed by atoms with van der Waals surface area (Å²) in [5, 5.41) is 2.90. The highest BCUT2D eigenvalue weighted by Gasteiger charge is 2.39. The molecule has 12 heteroatoms. The highest BCUT2D eigenvalue weighted by molar-refractivity contribution is 5.97.